The van der Waals surface area contributed by atoms with Crippen LogP contribution in [0.15, 0.2) is 65.1 Å². The van der Waals surface area contributed by atoms with Crippen LogP contribution in [0.5, 0.6) is 0 Å². The number of carbonyl (C=O) groups is 1. The van der Waals surface area contributed by atoms with E-state index in [0.29, 0.717) is 0 Å². The summed E-state index contributed by atoms with van der Waals surface area (Å²) in [5, 5.41) is 0. The van der Waals surface area contributed by atoms with Crippen LogP contribution < -0.4 is 0 Å². The van der Waals surface area contributed by atoms with E-state index < -0.39 is 0 Å². The topological polar surface area (TPSA) is 30.2 Å². The van der Waals surface area contributed by atoms with Gasteiger partial charge in [0, 0.05) is 23.1 Å². The molecule has 0 amide bonds. The molecule has 0 atom stereocenters. The maximum atomic E-state index is 13.1. The summed E-state index contributed by atoms with van der Waals surface area (Å²) in [6, 6.07) is 19.4. The van der Waals surface area contributed by atoms with Crippen LogP contribution in [0, 0.1) is 0 Å². The molecule has 4 rings (SSSR count). The van der Waals surface area contributed by atoms with Crippen molar-refractivity contribution in [3.05, 3.63) is 83.1 Å². The quantitative estimate of drug-likeness (QED) is 0.633. The normalized spacial score (nSPS) is 13.6. The highest BCUT2D eigenvalue weighted by Gasteiger charge is 2.28. The van der Waals surface area contributed by atoms with Gasteiger partial charge in [-0.15, -0.1) is 0 Å². The number of hydrogen-bond acceptors (Lipinski definition) is 2. The molecule has 0 spiro atoms. The Morgan fingerprint density at radius 3 is 2.22 bits per heavy atom. The van der Waals surface area contributed by atoms with E-state index in [-0.39, 0.29) is 5.78 Å². The van der Waals surface area contributed by atoms with Crippen molar-refractivity contribution in [1.82, 2.24) is 0 Å². The molecule has 0 fully saturated rings. The molecule has 0 saturated heterocycles. The molecule has 1 aromatic heterocycles. The minimum Gasteiger partial charge on any atom is -0.460 e. The zero-order chi connectivity index (χ0) is 15.6. The molecule has 2 heteroatoms. The second-order valence-corrected chi connectivity index (χ2v) is 5.98. The summed E-state index contributed by atoms with van der Waals surface area (Å²) in [7, 11) is 0. The number of furan rings is 1. The van der Waals surface area contributed by atoms with Gasteiger partial charge in [0.15, 0.2) is 5.78 Å². The number of hydrogen-bond donors (Lipinski definition) is 0. The summed E-state index contributed by atoms with van der Waals surface area (Å²) in [6.07, 6.45) is 4.11. The van der Waals surface area contributed by atoms with E-state index in [1.54, 1.807) is 0 Å². The predicted molar refractivity (Wildman–Crippen MR) is 90.7 cm³/mol. The molecule has 114 valence electrons. The molecule has 1 heterocycles. The SMILES string of the molecule is O=C(c1ccccc1)c1c(-c2ccccc2)oc2c1CCCC2. The summed E-state index contributed by atoms with van der Waals surface area (Å²) >= 11 is 0. The van der Waals surface area contributed by atoms with Gasteiger partial charge in [0.2, 0.25) is 0 Å². The van der Waals surface area contributed by atoms with E-state index in [9.17, 15) is 4.79 Å². The Morgan fingerprint density at radius 1 is 0.826 bits per heavy atom. The van der Waals surface area contributed by atoms with Gasteiger partial charge >= 0.3 is 0 Å². The van der Waals surface area contributed by atoms with E-state index >= 15 is 0 Å². The fraction of sp³-hybridized carbons (Fsp3) is 0.190. The van der Waals surface area contributed by atoms with Crippen molar-refractivity contribution in [2.24, 2.45) is 0 Å². The molecule has 3 aromatic rings. The first-order valence-electron chi connectivity index (χ1n) is 8.14. The zero-order valence-electron chi connectivity index (χ0n) is 12.9. The van der Waals surface area contributed by atoms with Gasteiger partial charge in [-0.2, -0.15) is 0 Å². The van der Waals surface area contributed by atoms with E-state index in [2.05, 4.69) is 0 Å². The minimum atomic E-state index is 0.0661. The number of benzene rings is 2. The van der Waals surface area contributed by atoms with Crippen molar-refractivity contribution in [2.45, 2.75) is 25.7 Å². The molecule has 1 aliphatic carbocycles. The Labute approximate surface area is 135 Å². The molecule has 1 aliphatic rings. The van der Waals surface area contributed by atoms with Gasteiger partial charge in [-0.25, -0.2) is 0 Å². The maximum Gasteiger partial charge on any atom is 0.197 e. The van der Waals surface area contributed by atoms with Crippen LogP contribution in [-0.2, 0) is 12.8 Å². The average molecular weight is 302 g/mol. The van der Waals surface area contributed by atoms with Crippen molar-refractivity contribution in [3.63, 3.8) is 0 Å². The van der Waals surface area contributed by atoms with Crippen molar-refractivity contribution in [2.75, 3.05) is 0 Å². The largest absolute Gasteiger partial charge is 0.460 e. The molecular formula is C21H18O2. The van der Waals surface area contributed by atoms with Crippen molar-refractivity contribution in [3.8, 4) is 11.3 Å². The van der Waals surface area contributed by atoms with Crippen LogP contribution in [-0.4, -0.2) is 5.78 Å². The number of carbonyl (C=O) groups excluding carboxylic acids is 1. The molecule has 0 saturated carbocycles. The standard InChI is InChI=1S/C21H18O2/c22-20(15-9-3-1-4-10-15)19-17-13-7-8-14-18(17)23-21(19)16-11-5-2-6-12-16/h1-6,9-12H,7-8,13-14H2. The zero-order valence-corrected chi connectivity index (χ0v) is 12.9. The molecule has 0 unspecified atom stereocenters. The fourth-order valence-electron chi connectivity index (χ4n) is 3.33. The van der Waals surface area contributed by atoms with Gasteiger partial charge < -0.3 is 4.42 Å². The maximum absolute atomic E-state index is 13.1. The Morgan fingerprint density at radius 2 is 1.48 bits per heavy atom. The molecule has 0 aliphatic heterocycles. The van der Waals surface area contributed by atoms with Gasteiger partial charge in [0.05, 0.1) is 5.56 Å². The first-order chi connectivity index (χ1) is 11.3. The van der Waals surface area contributed by atoms with Crippen molar-refractivity contribution in [1.29, 1.82) is 0 Å². The minimum absolute atomic E-state index is 0.0661. The molecule has 23 heavy (non-hydrogen) atoms. The summed E-state index contributed by atoms with van der Waals surface area (Å²) in [5.74, 6) is 1.79. The number of aryl methyl sites for hydroxylation is 1. The highest BCUT2D eigenvalue weighted by molar-refractivity contribution is 6.13. The van der Waals surface area contributed by atoms with Crippen molar-refractivity contribution < 1.29 is 9.21 Å². The molecule has 0 radical (unpaired) electrons. The van der Waals surface area contributed by atoms with E-state index in [1.165, 1.54) is 0 Å². The third-order valence-corrected chi connectivity index (χ3v) is 4.47. The van der Waals surface area contributed by atoms with Crippen LogP contribution in [0.3, 0.4) is 0 Å². The smallest absolute Gasteiger partial charge is 0.197 e. The molecular weight excluding hydrogens is 284 g/mol. The average Bonchev–Trinajstić information content (AvgIpc) is 3.02. The lowest BCUT2D eigenvalue weighted by atomic mass is 9.90. The van der Waals surface area contributed by atoms with E-state index in [4.69, 9.17) is 4.42 Å². The number of ketones is 1. The first-order valence-corrected chi connectivity index (χ1v) is 8.14. The summed E-state index contributed by atoms with van der Waals surface area (Å²) in [6.45, 7) is 0. The van der Waals surface area contributed by atoms with Gasteiger partial charge in [0.25, 0.3) is 0 Å². The summed E-state index contributed by atoms with van der Waals surface area (Å²) in [5.41, 5.74) is 3.57. The number of rotatable bonds is 3. The van der Waals surface area contributed by atoms with Gasteiger partial charge in [-0.3, -0.25) is 4.79 Å². The highest BCUT2D eigenvalue weighted by atomic mass is 16.3. The monoisotopic (exact) mass is 302 g/mol. The van der Waals surface area contributed by atoms with Crippen LogP contribution >= 0.6 is 0 Å². The van der Waals surface area contributed by atoms with Crippen LogP contribution in [0.2, 0.25) is 0 Å². The lowest BCUT2D eigenvalue weighted by molar-refractivity contribution is 0.103. The molecule has 0 bridgehead atoms. The van der Waals surface area contributed by atoms with Crippen molar-refractivity contribution >= 4 is 5.78 Å². The third-order valence-electron chi connectivity index (χ3n) is 4.47. The Kier molecular flexibility index (Phi) is 3.58. The second kappa shape index (κ2) is 5.88. The van der Waals surface area contributed by atoms with Gasteiger partial charge in [0.1, 0.15) is 11.5 Å². The van der Waals surface area contributed by atoms with E-state index in [1.807, 2.05) is 60.7 Å². The predicted octanol–water partition coefficient (Wildman–Crippen LogP) is 5.06. The second-order valence-electron chi connectivity index (χ2n) is 5.98. The lowest BCUT2D eigenvalue weighted by Crippen LogP contribution is -2.08. The summed E-state index contributed by atoms with van der Waals surface area (Å²) in [4.78, 5) is 13.1. The Balaban J connectivity index is 1.90. The lowest BCUT2D eigenvalue weighted by Gasteiger charge is -2.10. The van der Waals surface area contributed by atoms with Gasteiger partial charge in [-0.05, 0) is 19.3 Å². The summed E-state index contributed by atoms with van der Waals surface area (Å²) < 4.78 is 6.15. The fourth-order valence-corrected chi connectivity index (χ4v) is 3.33. The highest BCUT2D eigenvalue weighted by Crippen LogP contribution is 2.37. The first kappa shape index (κ1) is 14.0. The van der Waals surface area contributed by atoms with Crippen LogP contribution in [0.4, 0.5) is 0 Å². The molecule has 2 aromatic carbocycles. The van der Waals surface area contributed by atoms with Crippen LogP contribution in [0.1, 0.15) is 40.1 Å². The Hall–Kier alpha value is -2.61. The Bertz CT molecular complexity index is 829. The molecule has 2 nitrogen and oxygen atoms in total. The number of fused-ring (bicyclic) bond motifs is 1. The van der Waals surface area contributed by atoms with Crippen LogP contribution in [0.25, 0.3) is 11.3 Å². The van der Waals surface area contributed by atoms with Gasteiger partial charge in [-0.1, -0.05) is 60.7 Å². The molecule has 0 N–H and O–H groups in total. The van der Waals surface area contributed by atoms with E-state index in [0.717, 1.165) is 59.5 Å². The third kappa shape index (κ3) is 2.50.